The first-order chi connectivity index (χ1) is 8.88. The van der Waals surface area contributed by atoms with Gasteiger partial charge in [0, 0.05) is 22.6 Å². The predicted molar refractivity (Wildman–Crippen MR) is 77.3 cm³/mol. The van der Waals surface area contributed by atoms with E-state index in [-0.39, 0.29) is 18.4 Å². The van der Waals surface area contributed by atoms with Crippen molar-refractivity contribution in [1.82, 2.24) is 4.90 Å². The lowest BCUT2D eigenvalue weighted by atomic mass is 10.1. The summed E-state index contributed by atoms with van der Waals surface area (Å²) < 4.78 is 0.875. The summed E-state index contributed by atoms with van der Waals surface area (Å²) in [6.07, 6.45) is -0.0490. The van der Waals surface area contributed by atoms with Gasteiger partial charge in [-0.2, -0.15) is 0 Å². The van der Waals surface area contributed by atoms with E-state index in [0.29, 0.717) is 12.1 Å². The third kappa shape index (κ3) is 3.80. The first-order valence-electron chi connectivity index (χ1n) is 6.16. The third-order valence-electron chi connectivity index (χ3n) is 3.10. The van der Waals surface area contributed by atoms with Gasteiger partial charge in [0.15, 0.2) is 0 Å². The molecule has 1 N–H and O–H groups in total. The van der Waals surface area contributed by atoms with Crippen LogP contribution in [-0.4, -0.2) is 34.5 Å². The second-order valence-electron chi connectivity index (χ2n) is 4.45. The molecule has 0 bridgehead atoms. The average Bonchev–Trinajstić information content (AvgIpc) is 2.32. The van der Waals surface area contributed by atoms with Crippen molar-refractivity contribution >= 4 is 27.8 Å². The molecule has 0 aliphatic rings. The number of aliphatic carboxylic acids is 1. The summed E-state index contributed by atoms with van der Waals surface area (Å²) >= 11 is 3.40. The van der Waals surface area contributed by atoms with Crippen LogP contribution in [0.1, 0.15) is 36.2 Å². The Morgan fingerprint density at radius 1 is 1.42 bits per heavy atom. The molecule has 0 spiro atoms. The van der Waals surface area contributed by atoms with Gasteiger partial charge in [-0.05, 0) is 38.5 Å². The maximum atomic E-state index is 12.5. The molecule has 1 unspecified atom stereocenters. The summed E-state index contributed by atoms with van der Waals surface area (Å²) in [7, 11) is 0. The predicted octanol–water partition coefficient (Wildman–Crippen LogP) is 3.08. The van der Waals surface area contributed by atoms with Crippen LogP contribution < -0.4 is 0 Å². The first-order valence-corrected chi connectivity index (χ1v) is 6.95. The molecule has 0 saturated carbocycles. The number of nitrogens with zero attached hydrogens (tertiary/aromatic N) is 1. The van der Waals surface area contributed by atoms with Crippen LogP contribution in [-0.2, 0) is 4.79 Å². The van der Waals surface area contributed by atoms with Gasteiger partial charge in [0.05, 0.1) is 6.42 Å². The van der Waals surface area contributed by atoms with E-state index in [9.17, 15) is 9.59 Å². The highest BCUT2D eigenvalue weighted by Gasteiger charge is 2.23. The van der Waals surface area contributed by atoms with Crippen molar-refractivity contribution in [2.75, 3.05) is 6.54 Å². The number of hydrogen-bond acceptors (Lipinski definition) is 2. The lowest BCUT2D eigenvalue weighted by molar-refractivity contribution is -0.138. The highest BCUT2D eigenvalue weighted by atomic mass is 79.9. The molecule has 1 amide bonds. The SMILES string of the molecule is CCN(C(=O)c1cccc(Br)c1C)C(C)CC(=O)O. The molecular weight excluding hydrogens is 310 g/mol. The maximum absolute atomic E-state index is 12.5. The van der Waals surface area contributed by atoms with Crippen molar-refractivity contribution in [3.8, 4) is 0 Å². The van der Waals surface area contributed by atoms with Gasteiger partial charge >= 0.3 is 5.97 Å². The Kier molecular flexibility index (Phi) is 5.54. The first kappa shape index (κ1) is 15.7. The smallest absolute Gasteiger partial charge is 0.305 e. The van der Waals surface area contributed by atoms with E-state index in [2.05, 4.69) is 15.9 Å². The normalized spacial score (nSPS) is 12.0. The van der Waals surface area contributed by atoms with Crippen LogP contribution in [0.5, 0.6) is 0 Å². The summed E-state index contributed by atoms with van der Waals surface area (Å²) in [6.45, 7) is 5.96. The number of rotatable bonds is 5. The zero-order chi connectivity index (χ0) is 14.6. The van der Waals surface area contributed by atoms with Crippen molar-refractivity contribution < 1.29 is 14.7 Å². The molecule has 0 aliphatic heterocycles. The van der Waals surface area contributed by atoms with Gasteiger partial charge in [-0.1, -0.05) is 22.0 Å². The summed E-state index contributed by atoms with van der Waals surface area (Å²) in [6, 6.07) is 5.12. The summed E-state index contributed by atoms with van der Waals surface area (Å²) in [4.78, 5) is 24.8. The van der Waals surface area contributed by atoms with Crippen LogP contribution >= 0.6 is 15.9 Å². The summed E-state index contributed by atoms with van der Waals surface area (Å²) in [5.41, 5.74) is 1.47. The Morgan fingerprint density at radius 3 is 2.58 bits per heavy atom. The van der Waals surface area contributed by atoms with Crippen LogP contribution in [0.2, 0.25) is 0 Å². The Morgan fingerprint density at radius 2 is 2.05 bits per heavy atom. The van der Waals surface area contributed by atoms with Crippen LogP contribution in [0.15, 0.2) is 22.7 Å². The van der Waals surface area contributed by atoms with Crippen LogP contribution in [0.3, 0.4) is 0 Å². The maximum Gasteiger partial charge on any atom is 0.305 e. The number of carbonyl (C=O) groups excluding carboxylic acids is 1. The second kappa shape index (κ2) is 6.70. The Hall–Kier alpha value is -1.36. The van der Waals surface area contributed by atoms with Gasteiger partial charge in [-0.25, -0.2) is 0 Å². The van der Waals surface area contributed by atoms with E-state index in [4.69, 9.17) is 5.11 Å². The molecule has 4 nitrogen and oxygen atoms in total. The van der Waals surface area contributed by atoms with E-state index in [1.165, 1.54) is 0 Å². The standard InChI is InChI=1S/C14H18BrNO3/c1-4-16(9(2)8-13(17)18)14(19)11-6-5-7-12(15)10(11)3/h5-7,9H,4,8H2,1-3H3,(H,17,18). The summed E-state index contributed by atoms with van der Waals surface area (Å²) in [5.74, 6) is -1.03. The van der Waals surface area contributed by atoms with Gasteiger partial charge in [0.2, 0.25) is 0 Å². The molecule has 0 aliphatic carbocycles. The van der Waals surface area contributed by atoms with E-state index < -0.39 is 5.97 Å². The molecule has 0 fully saturated rings. The van der Waals surface area contributed by atoms with Crippen molar-refractivity contribution in [2.45, 2.75) is 33.2 Å². The molecular formula is C14H18BrNO3. The summed E-state index contributed by atoms with van der Waals surface area (Å²) in [5, 5.41) is 8.83. The van der Waals surface area contributed by atoms with E-state index in [0.717, 1.165) is 10.0 Å². The molecule has 0 aromatic heterocycles. The molecule has 1 aromatic carbocycles. The quantitative estimate of drug-likeness (QED) is 0.904. The van der Waals surface area contributed by atoms with Gasteiger partial charge in [0.1, 0.15) is 0 Å². The molecule has 5 heteroatoms. The Balaban J connectivity index is 3.02. The van der Waals surface area contributed by atoms with Crippen molar-refractivity contribution in [3.05, 3.63) is 33.8 Å². The fraction of sp³-hybridized carbons (Fsp3) is 0.429. The average molecular weight is 328 g/mol. The Labute approximate surface area is 121 Å². The molecule has 104 valence electrons. The van der Waals surface area contributed by atoms with E-state index >= 15 is 0 Å². The van der Waals surface area contributed by atoms with Crippen molar-refractivity contribution in [1.29, 1.82) is 0 Å². The number of carbonyl (C=O) groups is 2. The fourth-order valence-electron chi connectivity index (χ4n) is 2.01. The number of carboxylic acid groups (broad SMARTS) is 1. The third-order valence-corrected chi connectivity index (χ3v) is 3.96. The minimum Gasteiger partial charge on any atom is -0.481 e. The Bertz CT molecular complexity index is 488. The van der Waals surface area contributed by atoms with Crippen LogP contribution in [0.4, 0.5) is 0 Å². The number of benzene rings is 1. The zero-order valence-electron chi connectivity index (χ0n) is 11.3. The van der Waals surface area contributed by atoms with Crippen LogP contribution in [0.25, 0.3) is 0 Å². The van der Waals surface area contributed by atoms with Crippen LogP contribution in [0, 0.1) is 6.92 Å². The molecule has 1 rings (SSSR count). The number of carboxylic acids is 1. The fourth-order valence-corrected chi connectivity index (χ4v) is 2.38. The molecule has 1 aromatic rings. The van der Waals surface area contributed by atoms with Gasteiger partial charge in [0.25, 0.3) is 5.91 Å². The topological polar surface area (TPSA) is 57.6 Å². The highest BCUT2D eigenvalue weighted by Crippen LogP contribution is 2.21. The number of hydrogen-bond donors (Lipinski definition) is 1. The number of amides is 1. The largest absolute Gasteiger partial charge is 0.481 e. The van der Waals surface area contributed by atoms with Gasteiger partial charge in [-0.3, -0.25) is 9.59 Å². The molecule has 1 atom stereocenters. The monoisotopic (exact) mass is 327 g/mol. The number of halogens is 1. The molecule has 0 saturated heterocycles. The lowest BCUT2D eigenvalue weighted by Gasteiger charge is -2.27. The van der Waals surface area contributed by atoms with Crippen molar-refractivity contribution in [3.63, 3.8) is 0 Å². The minimum absolute atomic E-state index is 0.0490. The minimum atomic E-state index is -0.898. The van der Waals surface area contributed by atoms with E-state index in [1.807, 2.05) is 19.9 Å². The van der Waals surface area contributed by atoms with Crippen molar-refractivity contribution in [2.24, 2.45) is 0 Å². The van der Waals surface area contributed by atoms with Gasteiger partial charge < -0.3 is 10.0 Å². The molecule has 19 heavy (non-hydrogen) atoms. The van der Waals surface area contributed by atoms with Gasteiger partial charge in [-0.15, -0.1) is 0 Å². The lowest BCUT2D eigenvalue weighted by Crippen LogP contribution is -2.40. The zero-order valence-corrected chi connectivity index (χ0v) is 12.9. The van der Waals surface area contributed by atoms with E-state index in [1.54, 1.807) is 24.0 Å². The highest BCUT2D eigenvalue weighted by molar-refractivity contribution is 9.10. The second-order valence-corrected chi connectivity index (χ2v) is 5.30. The molecule has 0 heterocycles. The molecule has 0 radical (unpaired) electrons.